The molecule has 1 atom stereocenters. The molecule has 1 aromatic carbocycles. The van der Waals surface area contributed by atoms with Gasteiger partial charge in [-0.25, -0.2) is 4.98 Å². The molecule has 1 aliphatic rings. The molecule has 0 saturated carbocycles. The van der Waals surface area contributed by atoms with Gasteiger partial charge >= 0.3 is 0 Å². The first-order valence-corrected chi connectivity index (χ1v) is 13.4. The molecule has 0 fully saturated rings. The van der Waals surface area contributed by atoms with E-state index < -0.39 is 6.04 Å². The van der Waals surface area contributed by atoms with E-state index in [9.17, 15) is 14.4 Å². The second-order valence-corrected chi connectivity index (χ2v) is 10.1. The Morgan fingerprint density at radius 2 is 2.03 bits per heavy atom. The molecule has 0 aliphatic carbocycles. The van der Waals surface area contributed by atoms with Crippen LogP contribution in [-0.4, -0.2) is 69.4 Å². The molecular weight excluding hydrogens is 496 g/mol. The molecule has 0 spiro atoms. The molecule has 10 nitrogen and oxygen atoms in total. The van der Waals surface area contributed by atoms with Crippen LogP contribution in [0.4, 0.5) is 0 Å². The first-order chi connectivity index (χ1) is 18.9. The Kier molecular flexibility index (Phi) is 9.66. The van der Waals surface area contributed by atoms with Gasteiger partial charge in [0.2, 0.25) is 17.7 Å². The molecule has 0 saturated heterocycles. The first kappa shape index (κ1) is 27.8. The number of ether oxygens (including phenoxy) is 1. The van der Waals surface area contributed by atoms with Crippen LogP contribution in [0.1, 0.15) is 32.3 Å². The number of nitrogens with zero attached hydrogens (tertiary/aromatic N) is 4. The van der Waals surface area contributed by atoms with Crippen molar-refractivity contribution in [1.82, 2.24) is 30.1 Å². The van der Waals surface area contributed by atoms with Crippen LogP contribution >= 0.6 is 0 Å². The number of fused-ring (bicyclic) bond motifs is 4. The number of amides is 3. The lowest BCUT2D eigenvalue weighted by Gasteiger charge is -2.25. The zero-order valence-electron chi connectivity index (χ0n) is 22.5. The highest BCUT2D eigenvalue weighted by Gasteiger charge is 2.24. The number of nitrogens with one attached hydrogen (secondary N) is 2. The summed E-state index contributed by atoms with van der Waals surface area (Å²) in [7, 11) is 0. The van der Waals surface area contributed by atoms with Crippen LogP contribution in [0.15, 0.2) is 61.2 Å². The summed E-state index contributed by atoms with van der Waals surface area (Å²) in [4.78, 5) is 49.5. The third kappa shape index (κ3) is 8.13. The minimum atomic E-state index is -0.700. The Hall–Kier alpha value is -4.21. The van der Waals surface area contributed by atoms with Gasteiger partial charge in [0.25, 0.3) is 0 Å². The largest absolute Gasteiger partial charge is 0.494 e. The Morgan fingerprint density at radius 1 is 1.15 bits per heavy atom. The molecule has 206 valence electrons. The van der Waals surface area contributed by atoms with Crippen LogP contribution in [-0.2, 0) is 27.3 Å². The Balaban J connectivity index is 1.55. The van der Waals surface area contributed by atoms with Crippen LogP contribution in [0, 0.1) is 5.92 Å². The van der Waals surface area contributed by atoms with Crippen LogP contribution in [0.2, 0.25) is 0 Å². The van der Waals surface area contributed by atoms with Gasteiger partial charge in [0, 0.05) is 50.0 Å². The van der Waals surface area contributed by atoms with Crippen molar-refractivity contribution in [2.45, 2.75) is 45.7 Å². The van der Waals surface area contributed by atoms with Crippen LogP contribution in [0.25, 0.3) is 11.4 Å². The maximum absolute atomic E-state index is 13.2. The summed E-state index contributed by atoms with van der Waals surface area (Å²) in [6.07, 6.45) is 8.04. The van der Waals surface area contributed by atoms with E-state index in [1.807, 2.05) is 54.9 Å². The highest BCUT2D eigenvalue weighted by Crippen LogP contribution is 2.23. The van der Waals surface area contributed by atoms with Crippen molar-refractivity contribution in [1.29, 1.82) is 0 Å². The minimum Gasteiger partial charge on any atom is -0.494 e. The second-order valence-electron chi connectivity index (χ2n) is 10.1. The Bertz CT molecular complexity index is 1260. The molecule has 3 heterocycles. The maximum atomic E-state index is 13.2. The fourth-order valence-corrected chi connectivity index (χ4v) is 4.54. The number of carbonyl (C=O) groups excluding carboxylic acids is 3. The lowest BCUT2D eigenvalue weighted by Crippen LogP contribution is -2.51. The molecule has 39 heavy (non-hydrogen) atoms. The summed E-state index contributed by atoms with van der Waals surface area (Å²) in [6, 6.07) is 10.6. The van der Waals surface area contributed by atoms with Gasteiger partial charge in [-0.3, -0.25) is 19.4 Å². The summed E-state index contributed by atoms with van der Waals surface area (Å²) in [5.74, 6) is 0.845. The van der Waals surface area contributed by atoms with Crippen LogP contribution in [0.5, 0.6) is 5.75 Å². The van der Waals surface area contributed by atoms with Gasteiger partial charge in [-0.05, 0) is 42.5 Å². The summed E-state index contributed by atoms with van der Waals surface area (Å²) in [6.45, 7) is 5.45. The number of imidazole rings is 1. The lowest BCUT2D eigenvalue weighted by atomic mass is 10.0. The van der Waals surface area contributed by atoms with Gasteiger partial charge in [0.15, 0.2) is 0 Å². The van der Waals surface area contributed by atoms with E-state index in [-0.39, 0.29) is 36.6 Å². The highest BCUT2D eigenvalue weighted by atomic mass is 16.5. The van der Waals surface area contributed by atoms with Gasteiger partial charge in [-0.15, -0.1) is 0 Å². The number of aromatic nitrogens is 3. The van der Waals surface area contributed by atoms with Crippen molar-refractivity contribution in [3.05, 3.63) is 66.7 Å². The van der Waals surface area contributed by atoms with Crippen LogP contribution < -0.4 is 15.4 Å². The number of rotatable bonds is 4. The van der Waals surface area contributed by atoms with Gasteiger partial charge in [-0.1, -0.05) is 32.0 Å². The van der Waals surface area contributed by atoms with Gasteiger partial charge in [-0.2, -0.15) is 0 Å². The van der Waals surface area contributed by atoms with Crippen molar-refractivity contribution < 1.29 is 19.1 Å². The predicted molar refractivity (Wildman–Crippen MR) is 147 cm³/mol. The van der Waals surface area contributed by atoms with Gasteiger partial charge in [0.05, 0.1) is 19.6 Å². The topological polar surface area (TPSA) is 118 Å². The van der Waals surface area contributed by atoms with Crippen molar-refractivity contribution >= 4 is 17.7 Å². The van der Waals surface area contributed by atoms with Crippen LogP contribution in [0.3, 0.4) is 0 Å². The third-order valence-corrected chi connectivity index (χ3v) is 6.42. The molecule has 2 bridgehead atoms. The smallest absolute Gasteiger partial charge is 0.242 e. The molecule has 4 rings (SSSR count). The molecule has 0 radical (unpaired) electrons. The summed E-state index contributed by atoms with van der Waals surface area (Å²) in [5.41, 5.74) is 1.68. The monoisotopic (exact) mass is 532 g/mol. The molecule has 2 N–H and O–H groups in total. The van der Waals surface area contributed by atoms with E-state index in [0.717, 1.165) is 17.0 Å². The Labute approximate surface area is 228 Å². The van der Waals surface area contributed by atoms with E-state index >= 15 is 0 Å². The third-order valence-electron chi connectivity index (χ3n) is 6.42. The number of hydrogen-bond donors (Lipinski definition) is 2. The fourth-order valence-electron chi connectivity index (χ4n) is 4.54. The van der Waals surface area contributed by atoms with Crippen molar-refractivity contribution in [2.75, 3.05) is 26.2 Å². The maximum Gasteiger partial charge on any atom is 0.242 e. The second kappa shape index (κ2) is 13.5. The van der Waals surface area contributed by atoms with E-state index in [2.05, 4.69) is 20.6 Å². The van der Waals surface area contributed by atoms with Gasteiger partial charge < -0.3 is 24.8 Å². The fraction of sp³-hybridized carbons (Fsp3) is 0.414. The molecule has 3 aromatic rings. The summed E-state index contributed by atoms with van der Waals surface area (Å²) in [5, 5.41) is 5.82. The first-order valence-electron chi connectivity index (χ1n) is 13.4. The van der Waals surface area contributed by atoms with E-state index in [1.165, 1.54) is 4.90 Å². The predicted octanol–water partition coefficient (Wildman–Crippen LogP) is 2.45. The molecule has 1 aliphatic heterocycles. The van der Waals surface area contributed by atoms with E-state index in [4.69, 9.17) is 4.74 Å². The van der Waals surface area contributed by atoms with E-state index in [0.29, 0.717) is 44.8 Å². The number of pyridine rings is 1. The molecule has 3 amide bonds. The zero-order valence-corrected chi connectivity index (χ0v) is 22.5. The standard InChI is InChI=1S/C29H36N6O4/c1-21(2)16-25-29(38)32-11-14-34-13-10-31-28(34)23-7-3-8-24(18-23)39-15-5-12-35(20-26(36)33-25)27(37)17-22-6-4-9-30-19-22/h3-4,6-10,13,18-19,21,25H,5,11-12,14-17,20H2,1-2H3,(H,32,38)(H,33,36)/t25-/m1/s1. The van der Waals surface area contributed by atoms with Crippen molar-refractivity contribution in [3.63, 3.8) is 0 Å². The normalized spacial score (nSPS) is 17.3. The SMILES string of the molecule is CC(C)C[C@H]1NC(=O)CN(C(=O)Cc2cccnc2)CCCOc2cccc(c2)-c2nccn2CCNC1=O. The molecular formula is C29H36N6O4. The average molecular weight is 533 g/mol. The summed E-state index contributed by atoms with van der Waals surface area (Å²) >= 11 is 0. The van der Waals surface area contributed by atoms with Crippen molar-refractivity contribution in [2.24, 2.45) is 5.92 Å². The molecule has 10 heteroatoms. The quantitative estimate of drug-likeness (QED) is 0.533. The average Bonchev–Trinajstić information content (AvgIpc) is 3.38. The summed E-state index contributed by atoms with van der Waals surface area (Å²) < 4.78 is 7.97. The van der Waals surface area contributed by atoms with Gasteiger partial charge in [0.1, 0.15) is 17.6 Å². The Morgan fingerprint density at radius 3 is 2.82 bits per heavy atom. The van der Waals surface area contributed by atoms with Crippen molar-refractivity contribution in [3.8, 4) is 17.1 Å². The minimum absolute atomic E-state index is 0.132. The zero-order chi connectivity index (χ0) is 27.6. The molecule has 2 aromatic heterocycles. The molecule has 0 unspecified atom stereocenters. The highest BCUT2D eigenvalue weighted by molar-refractivity contribution is 5.90. The number of carbonyl (C=O) groups is 3. The number of benzene rings is 1. The van der Waals surface area contributed by atoms with E-state index in [1.54, 1.807) is 24.7 Å². The lowest BCUT2D eigenvalue weighted by molar-refractivity contribution is -0.136. The number of hydrogen-bond acceptors (Lipinski definition) is 6.